The van der Waals surface area contributed by atoms with E-state index in [0.717, 1.165) is 24.6 Å². The third kappa shape index (κ3) is 6.09. The van der Waals surface area contributed by atoms with Gasteiger partial charge < -0.3 is 14.8 Å². The van der Waals surface area contributed by atoms with E-state index < -0.39 is 0 Å². The highest BCUT2D eigenvalue weighted by Crippen LogP contribution is 2.16. The minimum absolute atomic E-state index is 0. The van der Waals surface area contributed by atoms with E-state index in [0.29, 0.717) is 6.61 Å². The minimum Gasteiger partial charge on any atom is -0.497 e. The molecule has 3 rings (SSSR count). The molecule has 0 radical (unpaired) electrons. The molecule has 0 aliphatic rings. The molecule has 0 atom stereocenters. The monoisotopic (exact) mass is 375 g/mol. The van der Waals surface area contributed by atoms with Crippen LogP contribution in [0.25, 0.3) is 0 Å². The van der Waals surface area contributed by atoms with Crippen LogP contribution in [0, 0.1) is 0 Å². The Morgan fingerprint density at radius 1 is 0.840 bits per heavy atom. The number of nitrogens with one attached hydrogen (secondary N) is 1. The second-order valence-electron chi connectivity index (χ2n) is 5.46. The van der Waals surface area contributed by atoms with Crippen molar-refractivity contribution < 1.29 is 9.47 Å². The summed E-state index contributed by atoms with van der Waals surface area (Å²) in [7, 11) is 1.68. The Hall–Kier alpha value is -2.01. The van der Waals surface area contributed by atoms with Gasteiger partial charge >= 0.3 is 0 Å². The fourth-order valence-corrected chi connectivity index (χ4v) is 2.96. The van der Waals surface area contributed by atoms with Gasteiger partial charge in [0.25, 0.3) is 0 Å². The van der Waals surface area contributed by atoms with Crippen molar-refractivity contribution in [3.63, 3.8) is 0 Å². The second kappa shape index (κ2) is 10.1. The van der Waals surface area contributed by atoms with Crippen LogP contribution in [0.5, 0.6) is 11.5 Å². The topological polar surface area (TPSA) is 30.5 Å². The Kier molecular flexibility index (Phi) is 7.79. The first-order valence-corrected chi connectivity index (χ1v) is 8.79. The third-order valence-corrected chi connectivity index (χ3v) is 4.55. The lowest BCUT2D eigenvalue weighted by atomic mass is 10.2. The van der Waals surface area contributed by atoms with Crippen molar-refractivity contribution in [2.24, 2.45) is 0 Å². The SMILES string of the molecule is COc1ccc(CNCc2ccc(OCc3cccs3)cc2)cc1.Cl. The highest BCUT2D eigenvalue weighted by molar-refractivity contribution is 7.09. The molecule has 0 saturated carbocycles. The van der Waals surface area contributed by atoms with Crippen LogP contribution in [0.3, 0.4) is 0 Å². The molecule has 1 heterocycles. The van der Waals surface area contributed by atoms with Crippen LogP contribution in [0.15, 0.2) is 66.0 Å². The zero-order chi connectivity index (χ0) is 16.6. The molecule has 1 aromatic heterocycles. The quantitative estimate of drug-likeness (QED) is 0.597. The Morgan fingerprint density at radius 2 is 1.44 bits per heavy atom. The molecule has 3 aromatic rings. The maximum atomic E-state index is 5.78. The summed E-state index contributed by atoms with van der Waals surface area (Å²) >= 11 is 1.71. The Labute approximate surface area is 159 Å². The van der Waals surface area contributed by atoms with E-state index >= 15 is 0 Å². The zero-order valence-electron chi connectivity index (χ0n) is 14.1. The highest BCUT2D eigenvalue weighted by Gasteiger charge is 1.99. The zero-order valence-corrected chi connectivity index (χ0v) is 15.7. The van der Waals surface area contributed by atoms with Gasteiger partial charge in [-0.2, -0.15) is 0 Å². The van der Waals surface area contributed by atoms with Gasteiger partial charge in [0.05, 0.1) is 7.11 Å². The van der Waals surface area contributed by atoms with Crippen molar-refractivity contribution in [3.05, 3.63) is 82.0 Å². The molecule has 25 heavy (non-hydrogen) atoms. The lowest BCUT2D eigenvalue weighted by molar-refractivity contribution is 0.309. The molecule has 0 spiro atoms. The summed E-state index contributed by atoms with van der Waals surface area (Å²) in [6.45, 7) is 2.30. The van der Waals surface area contributed by atoms with E-state index in [4.69, 9.17) is 9.47 Å². The van der Waals surface area contributed by atoms with Crippen molar-refractivity contribution in [2.75, 3.05) is 7.11 Å². The first kappa shape index (κ1) is 19.3. The van der Waals surface area contributed by atoms with E-state index in [1.807, 2.05) is 30.3 Å². The van der Waals surface area contributed by atoms with E-state index in [1.165, 1.54) is 16.0 Å². The first-order chi connectivity index (χ1) is 11.8. The summed E-state index contributed by atoms with van der Waals surface area (Å²) in [4.78, 5) is 1.24. The molecule has 0 aliphatic carbocycles. The standard InChI is InChI=1S/C20H21NO2S.ClH/c1-22-18-8-4-16(5-9-18)13-21-14-17-6-10-19(11-7-17)23-15-20-3-2-12-24-20;/h2-12,21H,13-15H2,1H3;1H. The smallest absolute Gasteiger partial charge is 0.122 e. The molecule has 132 valence electrons. The molecule has 5 heteroatoms. The maximum absolute atomic E-state index is 5.78. The average molecular weight is 376 g/mol. The van der Waals surface area contributed by atoms with Crippen molar-refractivity contribution in [2.45, 2.75) is 19.7 Å². The highest BCUT2D eigenvalue weighted by atomic mass is 35.5. The number of rotatable bonds is 8. The van der Waals surface area contributed by atoms with Crippen LogP contribution in [-0.4, -0.2) is 7.11 Å². The third-order valence-electron chi connectivity index (χ3n) is 3.70. The largest absolute Gasteiger partial charge is 0.497 e. The van der Waals surface area contributed by atoms with Gasteiger partial charge in [-0.05, 0) is 46.8 Å². The van der Waals surface area contributed by atoms with Gasteiger partial charge in [0.1, 0.15) is 18.1 Å². The van der Waals surface area contributed by atoms with Crippen LogP contribution >= 0.6 is 23.7 Å². The molecule has 0 fully saturated rings. The van der Waals surface area contributed by atoms with Crippen molar-refractivity contribution >= 4 is 23.7 Å². The van der Waals surface area contributed by atoms with Crippen molar-refractivity contribution in [3.8, 4) is 11.5 Å². The molecule has 0 unspecified atom stereocenters. The number of hydrogen-bond acceptors (Lipinski definition) is 4. The average Bonchev–Trinajstić information content (AvgIpc) is 3.15. The maximum Gasteiger partial charge on any atom is 0.122 e. The molecule has 0 saturated heterocycles. The van der Waals surface area contributed by atoms with Crippen LogP contribution in [0.4, 0.5) is 0 Å². The molecular formula is C20H22ClNO2S. The number of thiophene rings is 1. The fraction of sp³-hybridized carbons (Fsp3) is 0.200. The molecule has 0 amide bonds. The Morgan fingerprint density at radius 3 is 1.96 bits per heavy atom. The van der Waals surface area contributed by atoms with Gasteiger partial charge in [-0.1, -0.05) is 30.3 Å². The lowest BCUT2D eigenvalue weighted by Gasteiger charge is -2.08. The Bertz CT molecular complexity index is 727. The fourth-order valence-electron chi connectivity index (χ4n) is 2.35. The van der Waals surface area contributed by atoms with Gasteiger partial charge in [0.15, 0.2) is 0 Å². The van der Waals surface area contributed by atoms with Crippen LogP contribution < -0.4 is 14.8 Å². The van der Waals surface area contributed by atoms with E-state index in [2.05, 4.69) is 41.0 Å². The van der Waals surface area contributed by atoms with Crippen LogP contribution in [0.1, 0.15) is 16.0 Å². The van der Waals surface area contributed by atoms with Crippen molar-refractivity contribution in [1.82, 2.24) is 5.32 Å². The van der Waals surface area contributed by atoms with Gasteiger partial charge in [0.2, 0.25) is 0 Å². The number of halogens is 1. The van der Waals surface area contributed by atoms with Gasteiger partial charge in [-0.15, -0.1) is 23.7 Å². The molecule has 0 aliphatic heterocycles. The number of ether oxygens (including phenoxy) is 2. The summed E-state index contributed by atoms with van der Waals surface area (Å²) in [6, 6.07) is 20.5. The van der Waals surface area contributed by atoms with Gasteiger partial charge in [-0.3, -0.25) is 0 Å². The first-order valence-electron chi connectivity index (χ1n) is 7.91. The lowest BCUT2D eigenvalue weighted by Crippen LogP contribution is -2.12. The number of benzene rings is 2. The molecule has 3 nitrogen and oxygen atoms in total. The second-order valence-corrected chi connectivity index (χ2v) is 6.50. The molecular weight excluding hydrogens is 354 g/mol. The number of methoxy groups -OCH3 is 1. The van der Waals surface area contributed by atoms with E-state index in [-0.39, 0.29) is 12.4 Å². The van der Waals surface area contributed by atoms with Crippen LogP contribution in [0.2, 0.25) is 0 Å². The minimum atomic E-state index is 0. The van der Waals surface area contributed by atoms with Crippen LogP contribution in [-0.2, 0) is 19.7 Å². The molecule has 0 bridgehead atoms. The van der Waals surface area contributed by atoms with E-state index in [9.17, 15) is 0 Å². The predicted molar refractivity (Wildman–Crippen MR) is 106 cm³/mol. The summed E-state index contributed by atoms with van der Waals surface area (Å²) in [5, 5.41) is 5.52. The summed E-state index contributed by atoms with van der Waals surface area (Å²) in [6.07, 6.45) is 0. The molecule has 2 aromatic carbocycles. The summed E-state index contributed by atoms with van der Waals surface area (Å²) in [5.41, 5.74) is 2.48. The normalized spacial score (nSPS) is 10.1. The number of hydrogen-bond donors (Lipinski definition) is 1. The predicted octanol–water partition coefficient (Wildman–Crippen LogP) is 5.05. The summed E-state index contributed by atoms with van der Waals surface area (Å²) in [5.74, 6) is 1.79. The van der Waals surface area contributed by atoms with Crippen molar-refractivity contribution in [1.29, 1.82) is 0 Å². The van der Waals surface area contributed by atoms with Gasteiger partial charge in [0, 0.05) is 18.0 Å². The Balaban J connectivity index is 0.00000225. The molecule has 1 N–H and O–H groups in total. The van der Waals surface area contributed by atoms with E-state index in [1.54, 1.807) is 18.4 Å². The summed E-state index contributed by atoms with van der Waals surface area (Å²) < 4.78 is 10.9. The van der Waals surface area contributed by atoms with Gasteiger partial charge in [-0.25, -0.2) is 0 Å².